The van der Waals surface area contributed by atoms with E-state index in [1.165, 1.54) is 11.8 Å². The van der Waals surface area contributed by atoms with Crippen LogP contribution in [0.5, 0.6) is 0 Å². The van der Waals surface area contributed by atoms with Crippen LogP contribution >= 0.6 is 11.8 Å². The third-order valence-corrected chi connectivity index (χ3v) is 2.45. The second kappa shape index (κ2) is 4.90. The maximum Gasteiger partial charge on any atom is 0.276 e. The van der Waals surface area contributed by atoms with Crippen LogP contribution in [-0.4, -0.2) is 32.6 Å². The zero-order valence-electron chi connectivity index (χ0n) is 7.83. The van der Waals surface area contributed by atoms with Crippen molar-refractivity contribution in [3.8, 4) is 11.5 Å². The number of hydrogen-bond acceptors (Lipinski definition) is 6. The van der Waals surface area contributed by atoms with Crippen LogP contribution in [0.3, 0.4) is 0 Å². The number of pyridine rings is 1. The smallest absolute Gasteiger partial charge is 0.276 e. The second-order valence-electron chi connectivity index (χ2n) is 2.68. The summed E-state index contributed by atoms with van der Waals surface area (Å²) in [5.74, 6) is 1.02. The van der Waals surface area contributed by atoms with Crippen LogP contribution < -0.4 is 0 Å². The van der Waals surface area contributed by atoms with Crippen molar-refractivity contribution in [3.05, 3.63) is 24.5 Å². The topological polar surface area (TPSA) is 72.0 Å². The molecule has 0 bridgehead atoms. The number of rotatable bonds is 4. The molecule has 2 aromatic heterocycles. The Morgan fingerprint density at radius 2 is 2.07 bits per heavy atom. The minimum atomic E-state index is 0.0949. The number of aliphatic hydroxyl groups excluding tert-OH is 1. The van der Waals surface area contributed by atoms with E-state index in [2.05, 4.69) is 15.2 Å². The molecular formula is C9H9N3O2S. The first-order valence-corrected chi connectivity index (χ1v) is 5.36. The van der Waals surface area contributed by atoms with Gasteiger partial charge in [0.05, 0.1) is 6.61 Å². The molecule has 5 nitrogen and oxygen atoms in total. The Labute approximate surface area is 90.6 Å². The van der Waals surface area contributed by atoms with E-state index < -0.39 is 0 Å². The average Bonchev–Trinajstić information content (AvgIpc) is 2.76. The van der Waals surface area contributed by atoms with Crippen LogP contribution in [0.4, 0.5) is 0 Å². The largest absolute Gasteiger partial charge is 0.411 e. The van der Waals surface area contributed by atoms with Gasteiger partial charge in [0, 0.05) is 23.7 Å². The Kier molecular flexibility index (Phi) is 3.31. The van der Waals surface area contributed by atoms with Gasteiger partial charge >= 0.3 is 0 Å². The Morgan fingerprint density at radius 3 is 2.80 bits per heavy atom. The molecule has 0 atom stereocenters. The fourth-order valence-electron chi connectivity index (χ4n) is 1.01. The molecule has 2 heterocycles. The van der Waals surface area contributed by atoms with E-state index >= 15 is 0 Å². The molecular weight excluding hydrogens is 214 g/mol. The fourth-order valence-corrected chi connectivity index (χ4v) is 1.51. The lowest BCUT2D eigenvalue weighted by Gasteiger charge is -1.92. The summed E-state index contributed by atoms with van der Waals surface area (Å²) in [6.07, 6.45) is 3.33. The summed E-state index contributed by atoms with van der Waals surface area (Å²) in [6.45, 7) is 0.0949. The number of aliphatic hydroxyl groups is 1. The molecule has 2 rings (SSSR count). The van der Waals surface area contributed by atoms with E-state index in [1.54, 1.807) is 24.5 Å². The summed E-state index contributed by atoms with van der Waals surface area (Å²) in [7, 11) is 0. The van der Waals surface area contributed by atoms with E-state index in [0.717, 1.165) is 5.56 Å². The number of thioether (sulfide) groups is 1. The maximum absolute atomic E-state index is 8.63. The van der Waals surface area contributed by atoms with E-state index in [1.807, 2.05) is 0 Å². The summed E-state index contributed by atoms with van der Waals surface area (Å²) in [6, 6.07) is 3.60. The Hall–Kier alpha value is -1.40. The third kappa shape index (κ3) is 2.54. The minimum Gasteiger partial charge on any atom is -0.411 e. The molecule has 1 N–H and O–H groups in total. The van der Waals surface area contributed by atoms with Crippen LogP contribution in [0.25, 0.3) is 11.5 Å². The van der Waals surface area contributed by atoms with E-state index in [0.29, 0.717) is 16.9 Å². The van der Waals surface area contributed by atoms with Gasteiger partial charge in [-0.1, -0.05) is 11.8 Å². The van der Waals surface area contributed by atoms with Crippen molar-refractivity contribution in [2.75, 3.05) is 12.4 Å². The molecule has 0 aromatic carbocycles. The molecule has 0 amide bonds. The van der Waals surface area contributed by atoms with Gasteiger partial charge in [0.15, 0.2) is 0 Å². The summed E-state index contributed by atoms with van der Waals surface area (Å²) in [5, 5.41) is 16.8. The van der Waals surface area contributed by atoms with Gasteiger partial charge < -0.3 is 9.52 Å². The number of aromatic nitrogens is 3. The van der Waals surface area contributed by atoms with E-state index in [-0.39, 0.29) is 6.61 Å². The van der Waals surface area contributed by atoms with Crippen molar-refractivity contribution in [2.24, 2.45) is 0 Å². The molecule has 0 saturated carbocycles. The molecule has 78 valence electrons. The van der Waals surface area contributed by atoms with Crippen LogP contribution in [0.2, 0.25) is 0 Å². The van der Waals surface area contributed by atoms with Gasteiger partial charge in [0.25, 0.3) is 5.22 Å². The van der Waals surface area contributed by atoms with E-state index in [4.69, 9.17) is 9.52 Å². The van der Waals surface area contributed by atoms with Crippen LogP contribution in [-0.2, 0) is 0 Å². The van der Waals surface area contributed by atoms with Gasteiger partial charge in [-0.25, -0.2) is 0 Å². The van der Waals surface area contributed by atoms with Gasteiger partial charge in [0.2, 0.25) is 5.89 Å². The van der Waals surface area contributed by atoms with Crippen LogP contribution in [0, 0.1) is 0 Å². The predicted molar refractivity (Wildman–Crippen MR) is 55.3 cm³/mol. The third-order valence-electron chi connectivity index (χ3n) is 1.65. The molecule has 0 unspecified atom stereocenters. The fraction of sp³-hybridized carbons (Fsp3) is 0.222. The van der Waals surface area contributed by atoms with Gasteiger partial charge in [-0.3, -0.25) is 4.98 Å². The molecule has 0 aliphatic carbocycles. The lowest BCUT2D eigenvalue weighted by molar-refractivity contribution is 0.322. The first kappa shape index (κ1) is 10.1. The molecule has 0 aliphatic heterocycles. The van der Waals surface area contributed by atoms with Crippen LogP contribution in [0.15, 0.2) is 34.2 Å². The Morgan fingerprint density at radius 1 is 1.27 bits per heavy atom. The van der Waals surface area contributed by atoms with Crippen molar-refractivity contribution in [1.29, 1.82) is 0 Å². The van der Waals surface area contributed by atoms with E-state index in [9.17, 15) is 0 Å². The first-order valence-electron chi connectivity index (χ1n) is 4.37. The molecule has 0 radical (unpaired) electrons. The highest BCUT2D eigenvalue weighted by molar-refractivity contribution is 7.99. The van der Waals surface area contributed by atoms with Gasteiger partial charge in [0.1, 0.15) is 0 Å². The molecule has 0 spiro atoms. The maximum atomic E-state index is 8.63. The molecule has 15 heavy (non-hydrogen) atoms. The van der Waals surface area contributed by atoms with Crippen LogP contribution in [0.1, 0.15) is 0 Å². The molecule has 2 aromatic rings. The van der Waals surface area contributed by atoms with Crippen molar-refractivity contribution >= 4 is 11.8 Å². The first-order chi connectivity index (χ1) is 7.40. The normalized spacial score (nSPS) is 10.5. The Bertz CT molecular complexity index is 418. The van der Waals surface area contributed by atoms with Crippen molar-refractivity contribution < 1.29 is 9.52 Å². The van der Waals surface area contributed by atoms with Gasteiger partial charge in [-0.15, -0.1) is 10.2 Å². The number of nitrogens with zero attached hydrogens (tertiary/aromatic N) is 3. The Balaban J connectivity index is 2.14. The lowest BCUT2D eigenvalue weighted by Crippen LogP contribution is -1.84. The zero-order valence-corrected chi connectivity index (χ0v) is 8.65. The summed E-state index contributed by atoms with van der Waals surface area (Å²) >= 11 is 1.33. The van der Waals surface area contributed by atoms with Gasteiger partial charge in [-0.05, 0) is 12.1 Å². The lowest BCUT2D eigenvalue weighted by atomic mass is 10.3. The minimum absolute atomic E-state index is 0.0949. The average molecular weight is 223 g/mol. The molecule has 0 fully saturated rings. The summed E-state index contributed by atoms with van der Waals surface area (Å²) in [4.78, 5) is 3.90. The zero-order chi connectivity index (χ0) is 10.5. The monoisotopic (exact) mass is 223 g/mol. The molecule has 0 aliphatic rings. The standard InChI is InChI=1S/C9H9N3O2S/c13-5-6-15-9-12-11-8(14-9)7-1-3-10-4-2-7/h1-4,13H,5-6H2. The SMILES string of the molecule is OCCSc1nnc(-c2ccncc2)o1. The number of hydrogen-bond donors (Lipinski definition) is 1. The molecule has 0 saturated heterocycles. The van der Waals surface area contributed by atoms with Gasteiger partial charge in [-0.2, -0.15) is 0 Å². The second-order valence-corrected chi connectivity index (χ2v) is 3.73. The quantitative estimate of drug-likeness (QED) is 0.786. The summed E-state index contributed by atoms with van der Waals surface area (Å²) < 4.78 is 5.37. The highest BCUT2D eigenvalue weighted by Crippen LogP contribution is 2.21. The van der Waals surface area contributed by atoms with Crippen molar-refractivity contribution in [2.45, 2.75) is 5.22 Å². The van der Waals surface area contributed by atoms with Crippen molar-refractivity contribution in [3.63, 3.8) is 0 Å². The molecule has 6 heteroatoms. The predicted octanol–water partition coefficient (Wildman–Crippen LogP) is 1.22. The van der Waals surface area contributed by atoms with Crippen molar-refractivity contribution in [1.82, 2.24) is 15.2 Å². The summed E-state index contributed by atoms with van der Waals surface area (Å²) in [5.41, 5.74) is 0.841. The highest BCUT2D eigenvalue weighted by Gasteiger charge is 2.07. The highest BCUT2D eigenvalue weighted by atomic mass is 32.2.